The van der Waals surface area contributed by atoms with E-state index in [0.29, 0.717) is 18.4 Å². The van der Waals surface area contributed by atoms with Crippen LogP contribution in [0.1, 0.15) is 45.1 Å². The van der Waals surface area contributed by atoms with E-state index in [1.807, 2.05) is 25.1 Å². The second kappa shape index (κ2) is 16.0. The molecular formula is C27H40N8O7. The van der Waals surface area contributed by atoms with Gasteiger partial charge in [0.05, 0.1) is 12.5 Å². The van der Waals surface area contributed by atoms with Gasteiger partial charge in [0.2, 0.25) is 17.7 Å². The van der Waals surface area contributed by atoms with Crippen molar-refractivity contribution in [3.63, 3.8) is 0 Å². The molecule has 0 radical (unpaired) electrons. The molecule has 2 aromatic rings. The highest BCUT2D eigenvalue weighted by molar-refractivity contribution is 5.95. The molecule has 15 nitrogen and oxygen atoms in total. The summed E-state index contributed by atoms with van der Waals surface area (Å²) in [6, 6.07) is 2.17. The van der Waals surface area contributed by atoms with Crippen molar-refractivity contribution in [3.8, 4) is 0 Å². The van der Waals surface area contributed by atoms with Crippen LogP contribution in [0, 0.1) is 5.92 Å². The Hall–Kier alpha value is -4.66. The van der Waals surface area contributed by atoms with E-state index in [4.69, 9.17) is 22.3 Å². The summed E-state index contributed by atoms with van der Waals surface area (Å²) in [5.74, 6) is -5.48. The topological polar surface area (TPSA) is 268 Å². The van der Waals surface area contributed by atoms with Crippen LogP contribution in [0.15, 0.2) is 35.5 Å². The van der Waals surface area contributed by atoms with Gasteiger partial charge in [-0.15, -0.1) is 0 Å². The first-order valence-electron chi connectivity index (χ1n) is 13.6. The third-order valence-corrected chi connectivity index (χ3v) is 6.86. The average Bonchev–Trinajstić information content (AvgIpc) is 3.35. The van der Waals surface area contributed by atoms with Crippen molar-refractivity contribution in [2.24, 2.45) is 28.1 Å². The number of aromatic amines is 1. The maximum Gasteiger partial charge on any atom is 0.326 e. The van der Waals surface area contributed by atoms with Crippen LogP contribution in [0.2, 0.25) is 0 Å². The van der Waals surface area contributed by atoms with Gasteiger partial charge in [-0.3, -0.25) is 24.2 Å². The van der Waals surface area contributed by atoms with E-state index in [1.54, 1.807) is 19.2 Å². The molecule has 0 saturated carbocycles. The molecule has 3 amide bonds. The van der Waals surface area contributed by atoms with E-state index < -0.39 is 60.2 Å². The summed E-state index contributed by atoms with van der Waals surface area (Å²) in [5.41, 5.74) is 18.2. The number of guanidine groups is 1. The molecule has 2 rings (SSSR count). The summed E-state index contributed by atoms with van der Waals surface area (Å²) in [7, 11) is 0. The first-order chi connectivity index (χ1) is 19.8. The summed E-state index contributed by atoms with van der Waals surface area (Å²) in [6.45, 7) is 3.85. The smallest absolute Gasteiger partial charge is 0.326 e. The zero-order valence-electron chi connectivity index (χ0n) is 23.6. The van der Waals surface area contributed by atoms with Gasteiger partial charge in [-0.1, -0.05) is 38.5 Å². The fourth-order valence-corrected chi connectivity index (χ4v) is 4.20. The highest BCUT2D eigenvalue weighted by Crippen LogP contribution is 2.19. The number of hydrogen-bond acceptors (Lipinski definition) is 7. The van der Waals surface area contributed by atoms with Crippen LogP contribution in [0.3, 0.4) is 0 Å². The second-order valence-electron chi connectivity index (χ2n) is 10.0. The Morgan fingerprint density at radius 1 is 0.952 bits per heavy atom. The SMILES string of the molecule is CCC(C)C(N)C(=O)NC(CCCN=C(N)N)C(=O)NC(Cc1c[nH]c2ccccc12)C(=O)NC(CC(=O)O)C(=O)O. The predicted octanol–water partition coefficient (Wildman–Crippen LogP) is -0.849. The lowest BCUT2D eigenvalue weighted by Gasteiger charge is -2.26. The average molecular weight is 589 g/mol. The molecule has 0 fully saturated rings. The summed E-state index contributed by atoms with van der Waals surface area (Å²) in [6.07, 6.45) is 1.74. The Morgan fingerprint density at radius 2 is 1.57 bits per heavy atom. The number of carboxylic acids is 2. The molecule has 0 aliphatic heterocycles. The zero-order chi connectivity index (χ0) is 31.4. The lowest BCUT2D eigenvalue weighted by atomic mass is 9.98. The minimum absolute atomic E-state index is 0.0674. The number of nitrogens with one attached hydrogen (secondary N) is 4. The van der Waals surface area contributed by atoms with E-state index in [1.165, 1.54) is 0 Å². The molecule has 12 N–H and O–H groups in total. The number of benzene rings is 1. The van der Waals surface area contributed by atoms with Gasteiger partial charge in [-0.25, -0.2) is 4.79 Å². The zero-order valence-corrected chi connectivity index (χ0v) is 23.6. The molecule has 0 aliphatic carbocycles. The van der Waals surface area contributed by atoms with Crippen molar-refractivity contribution in [3.05, 3.63) is 36.0 Å². The molecule has 230 valence electrons. The predicted molar refractivity (Wildman–Crippen MR) is 155 cm³/mol. The van der Waals surface area contributed by atoms with Crippen LogP contribution in [0.5, 0.6) is 0 Å². The van der Waals surface area contributed by atoms with Crippen molar-refractivity contribution in [2.75, 3.05) is 6.54 Å². The van der Waals surface area contributed by atoms with Gasteiger partial charge in [0.15, 0.2) is 5.96 Å². The molecule has 1 heterocycles. The minimum Gasteiger partial charge on any atom is -0.481 e. The quantitative estimate of drug-likeness (QED) is 0.0627. The first kappa shape index (κ1) is 33.5. The van der Waals surface area contributed by atoms with Crippen molar-refractivity contribution in [1.82, 2.24) is 20.9 Å². The van der Waals surface area contributed by atoms with Gasteiger partial charge in [0.1, 0.15) is 18.1 Å². The number of amides is 3. The van der Waals surface area contributed by atoms with Crippen LogP contribution in [-0.4, -0.2) is 81.5 Å². The normalized spacial score (nSPS) is 14.5. The van der Waals surface area contributed by atoms with Crippen molar-refractivity contribution < 1.29 is 34.2 Å². The number of fused-ring (bicyclic) bond motifs is 1. The minimum atomic E-state index is -1.74. The van der Waals surface area contributed by atoms with E-state index in [0.717, 1.165) is 10.9 Å². The third-order valence-electron chi connectivity index (χ3n) is 6.86. The molecule has 42 heavy (non-hydrogen) atoms. The van der Waals surface area contributed by atoms with Gasteiger partial charge in [0, 0.05) is 30.1 Å². The Morgan fingerprint density at radius 3 is 2.19 bits per heavy atom. The maximum absolute atomic E-state index is 13.5. The number of aliphatic carboxylic acids is 2. The molecule has 0 spiro atoms. The van der Waals surface area contributed by atoms with E-state index in [2.05, 4.69) is 25.9 Å². The van der Waals surface area contributed by atoms with Crippen LogP contribution < -0.4 is 33.2 Å². The molecular weight excluding hydrogens is 548 g/mol. The fourth-order valence-electron chi connectivity index (χ4n) is 4.20. The lowest BCUT2D eigenvalue weighted by molar-refractivity contribution is -0.147. The number of para-hydroxylation sites is 1. The number of H-pyrrole nitrogens is 1. The molecule has 5 atom stereocenters. The monoisotopic (exact) mass is 588 g/mol. The van der Waals surface area contributed by atoms with Crippen molar-refractivity contribution >= 4 is 46.5 Å². The number of carbonyl (C=O) groups is 5. The number of hydrogen-bond donors (Lipinski definition) is 9. The largest absolute Gasteiger partial charge is 0.481 e. The number of carbonyl (C=O) groups excluding carboxylic acids is 3. The van der Waals surface area contributed by atoms with Crippen LogP contribution in [0.25, 0.3) is 10.9 Å². The lowest BCUT2D eigenvalue weighted by Crippen LogP contribution is -2.58. The van der Waals surface area contributed by atoms with E-state index >= 15 is 0 Å². The van der Waals surface area contributed by atoms with Gasteiger partial charge in [-0.05, 0) is 30.4 Å². The number of aromatic nitrogens is 1. The molecule has 0 saturated heterocycles. The van der Waals surface area contributed by atoms with Crippen LogP contribution >= 0.6 is 0 Å². The number of rotatable bonds is 17. The van der Waals surface area contributed by atoms with Crippen LogP contribution in [-0.2, 0) is 30.4 Å². The molecule has 15 heteroatoms. The Labute approximate surface area is 242 Å². The van der Waals surface area contributed by atoms with E-state index in [9.17, 15) is 29.1 Å². The molecule has 1 aromatic carbocycles. The van der Waals surface area contributed by atoms with Gasteiger partial charge in [-0.2, -0.15) is 0 Å². The highest BCUT2D eigenvalue weighted by Gasteiger charge is 2.32. The van der Waals surface area contributed by atoms with Gasteiger partial charge >= 0.3 is 11.9 Å². The van der Waals surface area contributed by atoms with Gasteiger partial charge < -0.3 is 48.3 Å². The Balaban J connectivity index is 2.35. The van der Waals surface area contributed by atoms with Crippen molar-refractivity contribution in [1.29, 1.82) is 0 Å². The standard InChI is InChI=1S/C27H40N8O7/c1-3-14(2)22(28)25(40)33-18(9-6-10-31-27(29)30)23(38)34-19(24(39)35-20(26(41)42)12-21(36)37)11-15-13-32-17-8-5-4-7-16(15)17/h4-5,7-8,13-14,18-20,22,32H,3,6,9-12,28H2,1-2H3,(H,33,40)(H,34,38)(H,35,39)(H,36,37)(H,41,42)(H4,29,30,31). The Bertz CT molecular complexity index is 1290. The summed E-state index contributed by atoms with van der Waals surface area (Å²) >= 11 is 0. The summed E-state index contributed by atoms with van der Waals surface area (Å²) < 4.78 is 0. The second-order valence-corrected chi connectivity index (χ2v) is 10.0. The molecule has 0 bridgehead atoms. The number of nitrogens with zero attached hydrogens (tertiary/aromatic N) is 1. The summed E-state index contributed by atoms with van der Waals surface area (Å²) in [4.78, 5) is 69.4. The van der Waals surface area contributed by atoms with Crippen molar-refractivity contribution in [2.45, 2.75) is 70.1 Å². The fraction of sp³-hybridized carbons (Fsp3) is 0.481. The number of carboxylic acid groups (broad SMARTS) is 2. The highest BCUT2D eigenvalue weighted by atomic mass is 16.4. The number of nitrogens with two attached hydrogens (primary N) is 3. The van der Waals surface area contributed by atoms with E-state index in [-0.39, 0.29) is 31.3 Å². The van der Waals surface area contributed by atoms with Gasteiger partial charge in [0.25, 0.3) is 0 Å². The summed E-state index contributed by atoms with van der Waals surface area (Å²) in [5, 5.41) is 26.7. The number of aliphatic imine (C=N–C) groups is 1. The van der Waals surface area contributed by atoms with Crippen LogP contribution in [0.4, 0.5) is 0 Å². The third kappa shape index (κ3) is 10.1. The molecule has 5 unspecified atom stereocenters. The first-order valence-corrected chi connectivity index (χ1v) is 13.6. The Kier molecular flexibility index (Phi) is 12.7. The molecule has 1 aromatic heterocycles. The molecule has 0 aliphatic rings. The maximum atomic E-state index is 13.5.